The van der Waals surface area contributed by atoms with E-state index in [1.807, 2.05) is 0 Å². The van der Waals surface area contributed by atoms with Crippen molar-refractivity contribution in [3.8, 4) is 0 Å². The van der Waals surface area contributed by atoms with Gasteiger partial charge in [0.2, 0.25) is 11.8 Å². The van der Waals surface area contributed by atoms with E-state index in [1.165, 1.54) is 6.07 Å². The first kappa shape index (κ1) is 16.0. The number of benzene rings is 1. The van der Waals surface area contributed by atoms with Crippen LogP contribution in [0.1, 0.15) is 41.6 Å². The minimum absolute atomic E-state index is 0.0304. The lowest BCUT2D eigenvalue weighted by Crippen LogP contribution is -2.45. The van der Waals surface area contributed by atoms with Gasteiger partial charge in [0.25, 0.3) is 0 Å². The van der Waals surface area contributed by atoms with E-state index in [4.69, 9.17) is 10.8 Å². The van der Waals surface area contributed by atoms with E-state index < -0.39 is 11.4 Å². The molecule has 0 atom stereocenters. The fourth-order valence-corrected chi connectivity index (χ4v) is 2.95. The Balaban J connectivity index is 1.99. The quantitative estimate of drug-likeness (QED) is 0.730. The Kier molecular flexibility index (Phi) is 4.80. The number of aromatic carboxylic acids is 1. The van der Waals surface area contributed by atoms with Gasteiger partial charge in [0.15, 0.2) is 0 Å². The van der Waals surface area contributed by atoms with Gasteiger partial charge in [-0.05, 0) is 24.5 Å². The van der Waals surface area contributed by atoms with Gasteiger partial charge in [-0.15, -0.1) is 0 Å². The molecule has 22 heavy (non-hydrogen) atoms. The number of nitrogens with two attached hydrogens (primary N) is 1. The van der Waals surface area contributed by atoms with Crippen LogP contribution < -0.4 is 11.1 Å². The number of amides is 2. The van der Waals surface area contributed by atoms with Crippen LogP contribution in [0.3, 0.4) is 0 Å². The van der Waals surface area contributed by atoms with Crippen LogP contribution >= 0.6 is 0 Å². The van der Waals surface area contributed by atoms with Gasteiger partial charge >= 0.3 is 5.97 Å². The normalized spacial score (nSPS) is 16.2. The molecule has 2 rings (SSSR count). The van der Waals surface area contributed by atoms with Gasteiger partial charge in [-0.1, -0.05) is 31.0 Å². The van der Waals surface area contributed by atoms with Crippen LogP contribution in [0.5, 0.6) is 0 Å². The first-order chi connectivity index (χ1) is 10.4. The zero-order chi connectivity index (χ0) is 16.2. The minimum Gasteiger partial charge on any atom is -0.478 e. The van der Waals surface area contributed by atoms with Crippen molar-refractivity contribution in [1.82, 2.24) is 5.32 Å². The molecule has 1 aromatic carbocycles. The Morgan fingerprint density at radius 2 is 1.82 bits per heavy atom. The molecule has 4 N–H and O–H groups in total. The van der Waals surface area contributed by atoms with Crippen molar-refractivity contribution in [1.29, 1.82) is 0 Å². The summed E-state index contributed by atoms with van der Waals surface area (Å²) in [4.78, 5) is 34.8. The number of hydrogen-bond acceptors (Lipinski definition) is 3. The number of primary amides is 1. The van der Waals surface area contributed by atoms with Crippen LogP contribution in [0.25, 0.3) is 0 Å². The summed E-state index contributed by atoms with van der Waals surface area (Å²) in [6.07, 6.45) is 3.21. The van der Waals surface area contributed by atoms with E-state index in [0.717, 1.165) is 12.8 Å². The summed E-state index contributed by atoms with van der Waals surface area (Å²) < 4.78 is 0. The zero-order valence-corrected chi connectivity index (χ0v) is 12.3. The summed E-state index contributed by atoms with van der Waals surface area (Å²) in [6, 6.07) is 6.39. The molecule has 1 aliphatic rings. The van der Waals surface area contributed by atoms with Crippen LogP contribution in [-0.2, 0) is 16.0 Å². The molecule has 118 valence electrons. The van der Waals surface area contributed by atoms with Gasteiger partial charge in [0.1, 0.15) is 0 Å². The van der Waals surface area contributed by atoms with Gasteiger partial charge in [0.05, 0.1) is 17.4 Å². The molecule has 0 saturated heterocycles. The van der Waals surface area contributed by atoms with Crippen LogP contribution in [0.15, 0.2) is 24.3 Å². The van der Waals surface area contributed by atoms with Crippen molar-refractivity contribution in [3.63, 3.8) is 0 Å². The highest BCUT2D eigenvalue weighted by Crippen LogP contribution is 2.37. The topological polar surface area (TPSA) is 109 Å². The molecule has 6 heteroatoms. The van der Waals surface area contributed by atoms with E-state index in [0.29, 0.717) is 18.4 Å². The van der Waals surface area contributed by atoms with Crippen molar-refractivity contribution in [2.45, 2.75) is 32.1 Å². The number of carboxylic acid groups (broad SMARTS) is 1. The highest BCUT2D eigenvalue weighted by molar-refractivity contribution is 5.91. The molecule has 2 amide bonds. The molecule has 0 aliphatic heterocycles. The maximum absolute atomic E-state index is 12.1. The van der Waals surface area contributed by atoms with E-state index in [2.05, 4.69) is 5.32 Å². The second-order valence-electron chi connectivity index (χ2n) is 5.77. The van der Waals surface area contributed by atoms with E-state index in [9.17, 15) is 14.4 Å². The number of hydrogen-bond donors (Lipinski definition) is 3. The molecule has 1 aliphatic carbocycles. The lowest BCUT2D eigenvalue weighted by atomic mass is 9.85. The summed E-state index contributed by atoms with van der Waals surface area (Å²) in [7, 11) is 0. The molecule has 1 aromatic rings. The third-order valence-corrected chi connectivity index (χ3v) is 4.31. The van der Waals surface area contributed by atoms with Crippen molar-refractivity contribution in [2.24, 2.45) is 11.1 Å². The number of nitrogens with one attached hydrogen (secondary N) is 1. The summed E-state index contributed by atoms with van der Waals surface area (Å²) in [5.41, 5.74) is 5.38. The Morgan fingerprint density at radius 3 is 2.41 bits per heavy atom. The average molecular weight is 304 g/mol. The summed E-state index contributed by atoms with van der Waals surface area (Å²) in [5.74, 6) is -1.75. The average Bonchev–Trinajstić information content (AvgIpc) is 2.96. The molecule has 1 fully saturated rings. The largest absolute Gasteiger partial charge is 0.478 e. The van der Waals surface area contributed by atoms with Crippen LogP contribution in [-0.4, -0.2) is 29.4 Å². The van der Waals surface area contributed by atoms with E-state index >= 15 is 0 Å². The number of carbonyl (C=O) groups is 3. The lowest BCUT2D eigenvalue weighted by Gasteiger charge is -2.25. The van der Waals surface area contributed by atoms with Crippen molar-refractivity contribution in [2.75, 3.05) is 6.54 Å². The Bertz CT molecular complexity index is 592. The third-order valence-electron chi connectivity index (χ3n) is 4.31. The second kappa shape index (κ2) is 6.60. The molecule has 0 aromatic heterocycles. The van der Waals surface area contributed by atoms with Gasteiger partial charge in [-0.25, -0.2) is 4.79 Å². The molecular weight excluding hydrogens is 284 g/mol. The number of carboxylic acids is 1. The molecule has 0 unspecified atom stereocenters. The highest BCUT2D eigenvalue weighted by Gasteiger charge is 2.39. The minimum atomic E-state index is -1.06. The molecule has 0 bridgehead atoms. The molecule has 6 nitrogen and oxygen atoms in total. The van der Waals surface area contributed by atoms with Gasteiger partial charge in [-0.3, -0.25) is 9.59 Å². The van der Waals surface area contributed by atoms with Gasteiger partial charge in [0, 0.05) is 6.54 Å². The predicted octanol–water partition coefficient (Wildman–Crippen LogP) is 1.09. The second-order valence-corrected chi connectivity index (χ2v) is 5.77. The molecule has 0 spiro atoms. The number of rotatable bonds is 6. The SMILES string of the molecule is NC(=O)C1(CNC(=O)Cc2ccccc2C(=O)O)CCCC1. The maximum Gasteiger partial charge on any atom is 0.335 e. The summed E-state index contributed by atoms with van der Waals surface area (Å²) >= 11 is 0. The smallest absolute Gasteiger partial charge is 0.335 e. The van der Waals surface area contributed by atoms with Crippen molar-refractivity contribution < 1.29 is 19.5 Å². The van der Waals surface area contributed by atoms with E-state index in [-0.39, 0.29) is 30.3 Å². The molecular formula is C16H20N2O4. The van der Waals surface area contributed by atoms with Crippen LogP contribution in [0.2, 0.25) is 0 Å². The first-order valence-electron chi connectivity index (χ1n) is 7.32. The first-order valence-corrected chi connectivity index (χ1v) is 7.32. The summed E-state index contributed by atoms with van der Waals surface area (Å²) in [5, 5.41) is 11.8. The van der Waals surface area contributed by atoms with Gasteiger partial charge < -0.3 is 16.2 Å². The van der Waals surface area contributed by atoms with Crippen molar-refractivity contribution in [3.05, 3.63) is 35.4 Å². The predicted molar refractivity (Wildman–Crippen MR) is 80.2 cm³/mol. The molecule has 0 heterocycles. The van der Waals surface area contributed by atoms with Crippen molar-refractivity contribution >= 4 is 17.8 Å². The fraction of sp³-hybridized carbons (Fsp3) is 0.438. The number of carbonyl (C=O) groups excluding carboxylic acids is 2. The molecule has 1 saturated carbocycles. The monoisotopic (exact) mass is 304 g/mol. The van der Waals surface area contributed by atoms with Crippen LogP contribution in [0, 0.1) is 5.41 Å². The highest BCUT2D eigenvalue weighted by atomic mass is 16.4. The Labute approximate surface area is 128 Å². The van der Waals surface area contributed by atoms with Gasteiger partial charge in [-0.2, -0.15) is 0 Å². The van der Waals surface area contributed by atoms with Crippen LogP contribution in [0.4, 0.5) is 0 Å². The Hall–Kier alpha value is -2.37. The standard InChI is InChI=1S/C16H20N2O4/c17-15(22)16(7-3-4-8-16)10-18-13(19)9-11-5-1-2-6-12(11)14(20)21/h1-2,5-6H,3-4,7-10H2,(H2,17,22)(H,18,19)(H,20,21). The lowest BCUT2D eigenvalue weighted by molar-refractivity contribution is -0.128. The fourth-order valence-electron chi connectivity index (χ4n) is 2.95. The zero-order valence-electron chi connectivity index (χ0n) is 12.3. The third kappa shape index (κ3) is 3.44. The van der Waals surface area contributed by atoms with E-state index in [1.54, 1.807) is 18.2 Å². The Morgan fingerprint density at radius 1 is 1.18 bits per heavy atom. The molecule has 0 radical (unpaired) electrons. The summed E-state index contributed by atoms with van der Waals surface area (Å²) in [6.45, 7) is 0.219. The maximum atomic E-state index is 12.1.